The smallest absolute Gasteiger partial charge is 0.333 e. The molecule has 1 saturated carbocycles. The van der Waals surface area contributed by atoms with Crippen LogP contribution in [-0.2, 0) is 16.0 Å². The zero-order valence-electron chi connectivity index (χ0n) is 16.3. The standard InChI is InChI=1S/C21H32N2O4/c1-3-15-8-10-17(11-9-15)14(2)23-20(25)18(12-16-6-4-5-7-16)22-13-19(24)21(26)27/h8-11,14,16,18-19,22,24H,3-7,12-13H2,1-2H3,(H,23,25)(H,26,27). The summed E-state index contributed by atoms with van der Waals surface area (Å²) >= 11 is 0. The normalized spacial score (nSPS) is 18.0. The van der Waals surface area contributed by atoms with Gasteiger partial charge in [-0.1, -0.05) is 56.9 Å². The predicted octanol–water partition coefficient (Wildman–Crippen LogP) is 2.41. The molecule has 0 spiro atoms. The quantitative estimate of drug-likeness (QED) is 0.503. The van der Waals surface area contributed by atoms with Crippen LogP contribution in [-0.4, -0.2) is 40.8 Å². The van der Waals surface area contributed by atoms with Crippen molar-refractivity contribution in [3.05, 3.63) is 35.4 Å². The topological polar surface area (TPSA) is 98.7 Å². The average Bonchev–Trinajstić information content (AvgIpc) is 3.17. The Hall–Kier alpha value is -1.92. The number of hydrogen-bond donors (Lipinski definition) is 4. The third-order valence-corrected chi connectivity index (χ3v) is 5.45. The molecule has 150 valence electrons. The van der Waals surface area contributed by atoms with Crippen LogP contribution in [0, 0.1) is 5.92 Å². The molecule has 0 radical (unpaired) electrons. The first-order chi connectivity index (χ1) is 12.9. The summed E-state index contributed by atoms with van der Waals surface area (Å²) in [7, 11) is 0. The van der Waals surface area contributed by atoms with E-state index in [9.17, 15) is 14.7 Å². The summed E-state index contributed by atoms with van der Waals surface area (Å²) in [5.41, 5.74) is 2.28. The van der Waals surface area contributed by atoms with Crippen LogP contribution in [0.15, 0.2) is 24.3 Å². The van der Waals surface area contributed by atoms with E-state index in [1.807, 2.05) is 19.1 Å². The second-order valence-electron chi connectivity index (χ2n) is 7.53. The van der Waals surface area contributed by atoms with Crippen LogP contribution in [0.1, 0.15) is 63.1 Å². The van der Waals surface area contributed by atoms with Crippen molar-refractivity contribution in [3.8, 4) is 0 Å². The summed E-state index contributed by atoms with van der Waals surface area (Å²) < 4.78 is 0. The van der Waals surface area contributed by atoms with E-state index in [-0.39, 0.29) is 18.5 Å². The van der Waals surface area contributed by atoms with Gasteiger partial charge in [0.25, 0.3) is 0 Å². The van der Waals surface area contributed by atoms with Crippen molar-refractivity contribution >= 4 is 11.9 Å². The Balaban J connectivity index is 1.98. The fourth-order valence-corrected chi connectivity index (χ4v) is 3.64. The van der Waals surface area contributed by atoms with Crippen LogP contribution in [0.3, 0.4) is 0 Å². The van der Waals surface area contributed by atoms with E-state index < -0.39 is 18.1 Å². The van der Waals surface area contributed by atoms with Gasteiger partial charge in [0.15, 0.2) is 6.10 Å². The second kappa shape index (κ2) is 10.4. The first kappa shape index (κ1) is 21.4. The van der Waals surface area contributed by atoms with E-state index in [0.717, 1.165) is 24.8 Å². The molecule has 0 aromatic heterocycles. The predicted molar refractivity (Wildman–Crippen MR) is 104 cm³/mol. The maximum Gasteiger partial charge on any atom is 0.333 e. The third kappa shape index (κ3) is 6.63. The van der Waals surface area contributed by atoms with Crippen LogP contribution in [0.4, 0.5) is 0 Å². The van der Waals surface area contributed by atoms with Gasteiger partial charge in [0, 0.05) is 6.54 Å². The van der Waals surface area contributed by atoms with Gasteiger partial charge in [0.2, 0.25) is 5.91 Å². The van der Waals surface area contributed by atoms with Gasteiger partial charge >= 0.3 is 5.97 Å². The lowest BCUT2D eigenvalue weighted by atomic mass is 9.97. The number of aryl methyl sites for hydroxylation is 1. The van der Waals surface area contributed by atoms with Crippen molar-refractivity contribution in [2.75, 3.05) is 6.54 Å². The Labute approximate surface area is 161 Å². The molecule has 3 unspecified atom stereocenters. The minimum Gasteiger partial charge on any atom is -0.479 e. The Morgan fingerprint density at radius 2 is 1.81 bits per heavy atom. The van der Waals surface area contributed by atoms with Crippen LogP contribution in [0.5, 0.6) is 0 Å². The summed E-state index contributed by atoms with van der Waals surface area (Å²) in [6.07, 6.45) is 4.68. The maximum absolute atomic E-state index is 12.8. The van der Waals surface area contributed by atoms with Crippen LogP contribution >= 0.6 is 0 Å². The number of amides is 1. The maximum atomic E-state index is 12.8. The first-order valence-corrected chi connectivity index (χ1v) is 9.94. The number of aliphatic hydroxyl groups excluding tert-OH is 1. The summed E-state index contributed by atoms with van der Waals surface area (Å²) in [6.45, 7) is 3.91. The first-order valence-electron chi connectivity index (χ1n) is 9.94. The van der Waals surface area contributed by atoms with Crippen LogP contribution in [0.25, 0.3) is 0 Å². The highest BCUT2D eigenvalue weighted by atomic mass is 16.4. The Bertz CT molecular complexity index is 611. The average molecular weight is 376 g/mol. The molecule has 3 atom stereocenters. The number of aliphatic carboxylic acids is 1. The third-order valence-electron chi connectivity index (χ3n) is 5.45. The summed E-state index contributed by atoms with van der Waals surface area (Å²) in [5.74, 6) is -0.965. The number of hydrogen-bond acceptors (Lipinski definition) is 4. The number of aliphatic hydroxyl groups is 1. The molecule has 1 aliphatic carbocycles. The number of carbonyl (C=O) groups is 2. The van der Waals surface area contributed by atoms with Crippen molar-refractivity contribution in [2.24, 2.45) is 5.92 Å². The minimum absolute atomic E-state index is 0.138. The van der Waals surface area contributed by atoms with E-state index >= 15 is 0 Å². The van der Waals surface area contributed by atoms with Crippen molar-refractivity contribution < 1.29 is 19.8 Å². The molecule has 1 aromatic carbocycles. The molecule has 1 aromatic rings. The van der Waals surface area contributed by atoms with Crippen molar-refractivity contribution in [3.63, 3.8) is 0 Å². The summed E-state index contributed by atoms with van der Waals surface area (Å²) in [4.78, 5) is 23.7. The molecular weight excluding hydrogens is 344 g/mol. The zero-order chi connectivity index (χ0) is 19.8. The van der Waals surface area contributed by atoms with Gasteiger partial charge in [-0.25, -0.2) is 4.79 Å². The number of carboxylic acid groups (broad SMARTS) is 1. The lowest BCUT2D eigenvalue weighted by Gasteiger charge is -2.24. The van der Waals surface area contributed by atoms with Gasteiger partial charge in [-0.3, -0.25) is 4.79 Å². The van der Waals surface area contributed by atoms with Gasteiger partial charge < -0.3 is 20.8 Å². The molecule has 1 aliphatic rings. The summed E-state index contributed by atoms with van der Waals surface area (Å²) in [5, 5.41) is 24.4. The van der Waals surface area contributed by atoms with Gasteiger partial charge in [0.1, 0.15) is 0 Å². The fraction of sp³-hybridized carbons (Fsp3) is 0.619. The molecule has 0 heterocycles. The van der Waals surface area contributed by atoms with Crippen LogP contribution in [0.2, 0.25) is 0 Å². The molecule has 6 heteroatoms. The van der Waals surface area contributed by atoms with E-state index in [2.05, 4.69) is 29.7 Å². The molecular formula is C21H32N2O4. The highest BCUT2D eigenvalue weighted by molar-refractivity contribution is 5.82. The highest BCUT2D eigenvalue weighted by Gasteiger charge is 2.27. The monoisotopic (exact) mass is 376 g/mol. The lowest BCUT2D eigenvalue weighted by molar-refractivity contribution is -0.146. The largest absolute Gasteiger partial charge is 0.479 e. The van der Waals surface area contributed by atoms with Crippen molar-refractivity contribution in [1.29, 1.82) is 0 Å². The molecule has 4 N–H and O–H groups in total. The fourth-order valence-electron chi connectivity index (χ4n) is 3.64. The van der Waals surface area contributed by atoms with Crippen molar-refractivity contribution in [1.82, 2.24) is 10.6 Å². The van der Waals surface area contributed by atoms with E-state index in [0.29, 0.717) is 12.3 Å². The number of carbonyl (C=O) groups excluding carboxylic acids is 1. The zero-order valence-corrected chi connectivity index (χ0v) is 16.3. The second-order valence-corrected chi connectivity index (χ2v) is 7.53. The molecule has 0 aliphatic heterocycles. The molecule has 0 saturated heterocycles. The molecule has 1 amide bonds. The number of nitrogens with one attached hydrogen (secondary N) is 2. The molecule has 2 rings (SSSR count). The number of benzene rings is 1. The molecule has 6 nitrogen and oxygen atoms in total. The molecule has 0 bridgehead atoms. The van der Waals surface area contributed by atoms with Gasteiger partial charge in [-0.2, -0.15) is 0 Å². The van der Waals surface area contributed by atoms with Gasteiger partial charge in [-0.05, 0) is 36.8 Å². The lowest BCUT2D eigenvalue weighted by Crippen LogP contribution is -2.49. The number of rotatable bonds is 10. The van der Waals surface area contributed by atoms with Gasteiger partial charge in [0.05, 0.1) is 12.1 Å². The Kier molecular flexibility index (Phi) is 8.25. The van der Waals surface area contributed by atoms with Gasteiger partial charge in [-0.15, -0.1) is 0 Å². The van der Waals surface area contributed by atoms with E-state index in [1.54, 1.807) is 0 Å². The Morgan fingerprint density at radius 1 is 1.19 bits per heavy atom. The molecule has 27 heavy (non-hydrogen) atoms. The molecule has 1 fully saturated rings. The minimum atomic E-state index is -1.51. The van der Waals surface area contributed by atoms with E-state index in [1.165, 1.54) is 18.4 Å². The number of carboxylic acids is 1. The van der Waals surface area contributed by atoms with Crippen LogP contribution < -0.4 is 10.6 Å². The van der Waals surface area contributed by atoms with Crippen molar-refractivity contribution in [2.45, 2.75) is 70.6 Å². The van der Waals surface area contributed by atoms with E-state index in [4.69, 9.17) is 5.11 Å². The highest BCUT2D eigenvalue weighted by Crippen LogP contribution is 2.28. The Morgan fingerprint density at radius 3 is 2.37 bits per heavy atom. The summed E-state index contributed by atoms with van der Waals surface area (Å²) in [6, 6.07) is 7.54. The SMILES string of the molecule is CCc1ccc(C(C)NC(=O)C(CC2CCCC2)NCC(O)C(=O)O)cc1.